The first-order chi connectivity index (χ1) is 29.2. The Hall–Kier alpha value is -1.96. The van der Waals surface area contributed by atoms with Gasteiger partial charge in [-0.1, -0.05) is 79.5 Å². The molecule has 63 heavy (non-hydrogen) atoms. The van der Waals surface area contributed by atoms with Crippen LogP contribution in [0.5, 0.6) is 0 Å². The molecule has 0 aromatic carbocycles. The summed E-state index contributed by atoms with van der Waals surface area (Å²) in [7, 11) is 0.500. The first-order valence-corrected chi connectivity index (χ1v) is 23.9. The number of carbonyl (C=O) groups is 1. The molecule has 0 aromatic rings. The van der Waals surface area contributed by atoms with Crippen LogP contribution in [-0.4, -0.2) is 66.9 Å². The fraction of sp³-hybridized carbons (Fsp3) is 0.860. The maximum Gasteiger partial charge on any atom is 0.405 e. The van der Waals surface area contributed by atoms with Crippen LogP contribution in [0.15, 0.2) is 36.0 Å². The fourth-order valence-corrected chi connectivity index (χ4v) is 14.5. The Morgan fingerprint density at radius 2 is 1.46 bits per heavy atom. The van der Waals surface area contributed by atoms with E-state index >= 15 is 0 Å². The number of carboxylic acids is 1. The van der Waals surface area contributed by atoms with Gasteiger partial charge in [0.05, 0.1) is 13.1 Å². The summed E-state index contributed by atoms with van der Waals surface area (Å²) >= 11 is 0. The lowest BCUT2D eigenvalue weighted by Gasteiger charge is -2.72. The van der Waals surface area contributed by atoms with Crippen LogP contribution in [0.2, 0.25) is 0 Å². The van der Waals surface area contributed by atoms with Crippen molar-refractivity contribution in [2.24, 2.45) is 62.7 Å². The summed E-state index contributed by atoms with van der Waals surface area (Å²) in [6.45, 7) is 22.6. The van der Waals surface area contributed by atoms with Gasteiger partial charge in [0, 0.05) is 24.2 Å². The molecule has 0 radical (unpaired) electrons. The van der Waals surface area contributed by atoms with E-state index in [4.69, 9.17) is 11.5 Å². The monoisotopic (exact) mass is 907 g/mol. The van der Waals surface area contributed by atoms with Crippen LogP contribution in [0.3, 0.4) is 0 Å². The van der Waals surface area contributed by atoms with Crippen LogP contribution in [0, 0.1) is 51.2 Å². The Balaban J connectivity index is 0.000000445. The largest absolute Gasteiger partial charge is 0.481 e. The number of carboxylic acid groups (broad SMARTS) is 1. The zero-order valence-corrected chi connectivity index (χ0v) is 40.4. The molecule has 0 aliphatic heterocycles. The molecule has 4 fully saturated rings. The summed E-state index contributed by atoms with van der Waals surface area (Å²) < 4.78 is 88.7. The molecule has 0 amide bonds. The van der Waals surface area contributed by atoms with Crippen LogP contribution < -0.4 is 22.1 Å². The topological polar surface area (TPSA) is 113 Å². The number of aliphatic carboxylic acids is 1. The molecule has 0 spiro atoms. The summed E-state index contributed by atoms with van der Waals surface area (Å²) in [5.74, 6) is 0.941. The minimum atomic E-state index is -4.32. The van der Waals surface area contributed by atoms with Crippen molar-refractivity contribution in [2.75, 3.05) is 20.3 Å². The van der Waals surface area contributed by atoms with Gasteiger partial charge >= 0.3 is 18.3 Å². The summed E-state index contributed by atoms with van der Waals surface area (Å²) in [5.41, 5.74) is 13.2. The number of hydrogen-bond donors (Lipinski definition) is 5. The maximum absolute atomic E-state index is 13.9. The van der Waals surface area contributed by atoms with Crippen molar-refractivity contribution in [1.82, 2.24) is 10.6 Å². The van der Waals surface area contributed by atoms with E-state index < -0.39 is 54.6 Å². The molecule has 0 heterocycles. The second kappa shape index (κ2) is 21.3. The summed E-state index contributed by atoms with van der Waals surface area (Å²) in [4.78, 5) is 11.6. The standard InChI is InChI=1S/C36H55F3N2O2.C10H21F3N2.C3H6.CH3F/c1-31(2)24(22-8-10-23(11-9-22)30(42)43)14-17-32(3)27(31)15-18-34(5)28(32)13-12-25-26-7-6-16-35(26,20-19-33(25,34)4)41-29(21-40)36(37,38)39;1-4-6-9(3,5-2)15-8(7-14)10(11,12)13;1-3-2;1-2/h8,14,23,25-29,41H,6-7,9-13,15-21,40H2,1-5H3,(H,42,43);8,15H,4-7,14H2,1-3H3;3H,1H2,2H3;1H3/t23?,25?,26?,27?,28?,29?,32?,33-,34?,35?;;;/m1.../s1. The van der Waals surface area contributed by atoms with Crippen LogP contribution in [0.25, 0.3) is 0 Å². The fourth-order valence-electron chi connectivity index (χ4n) is 14.5. The molecule has 366 valence electrons. The van der Waals surface area contributed by atoms with Gasteiger partial charge in [0.25, 0.3) is 0 Å². The first-order valence-electron chi connectivity index (χ1n) is 23.9. The van der Waals surface area contributed by atoms with Gasteiger partial charge in [-0.2, -0.15) is 26.3 Å². The lowest BCUT2D eigenvalue weighted by atomic mass is 9.33. The van der Waals surface area contributed by atoms with Crippen molar-refractivity contribution in [3.8, 4) is 0 Å². The van der Waals surface area contributed by atoms with Crippen LogP contribution in [-0.2, 0) is 4.79 Å². The van der Waals surface area contributed by atoms with E-state index in [1.807, 2.05) is 27.7 Å². The average molecular weight is 907 g/mol. The Bertz CT molecular complexity index is 1580. The van der Waals surface area contributed by atoms with Gasteiger partial charge in [-0.25, -0.2) is 0 Å². The number of nitrogens with two attached hydrogens (primary N) is 2. The van der Waals surface area contributed by atoms with Gasteiger partial charge < -0.3 is 16.6 Å². The number of allylic oxidation sites excluding steroid dienone is 5. The lowest BCUT2D eigenvalue weighted by molar-refractivity contribution is -0.222. The number of rotatable bonds is 11. The zero-order chi connectivity index (χ0) is 48.0. The Morgan fingerprint density at radius 3 is 1.95 bits per heavy atom. The molecular weight excluding hydrogens is 822 g/mol. The number of alkyl halides is 7. The normalized spacial score (nSPS) is 36.4. The molecule has 6 aliphatic rings. The van der Waals surface area contributed by atoms with Crippen LogP contribution >= 0.6 is 0 Å². The van der Waals surface area contributed by atoms with Gasteiger partial charge in [-0.15, -0.1) is 6.58 Å². The SMILES string of the molecule is C=CC.CC1(C)C(C2=CCC(C(=O)O)CC2)=CCC2(C)C1CCC1(C)C2CCC2C3CCCC3(NC(CN)C(F)(F)F)CC[C@]21C.CCCC(C)(CC)NC(CN)C(F)(F)F.CF. The van der Waals surface area contributed by atoms with E-state index in [0.717, 1.165) is 77.0 Å². The minimum absolute atomic E-state index is 0.0277. The molecule has 0 aromatic heterocycles. The van der Waals surface area contributed by atoms with Gasteiger partial charge in [-0.3, -0.25) is 19.8 Å². The summed E-state index contributed by atoms with van der Waals surface area (Å²) in [6, 6.07) is -3.23. The number of nitrogens with one attached hydrogen (secondary N) is 2. The molecule has 6 rings (SSSR count). The Labute approximate surface area is 375 Å². The molecule has 11 unspecified atom stereocenters. The van der Waals surface area contributed by atoms with Crippen LogP contribution in [0.4, 0.5) is 30.7 Å². The summed E-state index contributed by atoms with van der Waals surface area (Å²) in [5, 5.41) is 15.3. The third kappa shape index (κ3) is 11.1. The van der Waals surface area contributed by atoms with Crippen molar-refractivity contribution in [2.45, 2.75) is 201 Å². The van der Waals surface area contributed by atoms with Crippen molar-refractivity contribution in [3.63, 3.8) is 0 Å². The highest BCUT2D eigenvalue weighted by molar-refractivity contribution is 5.70. The van der Waals surface area contributed by atoms with E-state index in [2.05, 4.69) is 64.0 Å². The van der Waals surface area contributed by atoms with E-state index in [-0.39, 0.29) is 33.5 Å². The minimum Gasteiger partial charge on any atom is -0.481 e. The Morgan fingerprint density at radius 1 is 0.857 bits per heavy atom. The number of hydrogen-bond acceptors (Lipinski definition) is 5. The highest BCUT2D eigenvalue weighted by Gasteiger charge is 2.70. The molecule has 0 saturated heterocycles. The smallest absolute Gasteiger partial charge is 0.405 e. The van der Waals surface area contributed by atoms with E-state index in [0.29, 0.717) is 37.8 Å². The molecule has 0 bridgehead atoms. The molecule has 12 atom stereocenters. The average Bonchev–Trinajstić information content (AvgIpc) is 3.64. The van der Waals surface area contributed by atoms with Gasteiger partial charge in [-0.05, 0) is 160 Å². The van der Waals surface area contributed by atoms with Crippen molar-refractivity contribution >= 4 is 5.97 Å². The second-order valence-corrected chi connectivity index (χ2v) is 21.4. The van der Waals surface area contributed by atoms with Gasteiger partial charge in [0.15, 0.2) is 0 Å². The molecule has 7 N–H and O–H groups in total. The predicted octanol–water partition coefficient (Wildman–Crippen LogP) is 12.6. The Kier molecular flexibility index (Phi) is 18.8. The van der Waals surface area contributed by atoms with Gasteiger partial charge in [0.1, 0.15) is 12.1 Å². The highest BCUT2D eigenvalue weighted by Crippen LogP contribution is 2.76. The van der Waals surface area contributed by atoms with Crippen molar-refractivity contribution < 1.29 is 40.6 Å². The molecule has 13 heteroatoms. The number of fused-ring (bicyclic) bond motifs is 7. The first kappa shape index (κ1) is 55.4. The second-order valence-electron chi connectivity index (χ2n) is 21.4. The lowest BCUT2D eigenvalue weighted by Crippen LogP contribution is -2.69. The summed E-state index contributed by atoms with van der Waals surface area (Å²) in [6.07, 6.45) is 12.7. The van der Waals surface area contributed by atoms with Crippen molar-refractivity contribution in [3.05, 3.63) is 36.0 Å². The van der Waals surface area contributed by atoms with Gasteiger partial charge in [0.2, 0.25) is 0 Å². The predicted molar refractivity (Wildman–Crippen MR) is 243 cm³/mol. The molecule has 4 saturated carbocycles. The maximum atomic E-state index is 13.9. The number of halogens is 7. The van der Waals surface area contributed by atoms with E-state index in [1.165, 1.54) is 24.0 Å². The van der Waals surface area contributed by atoms with Crippen LogP contribution in [0.1, 0.15) is 165 Å². The third-order valence-electron chi connectivity index (χ3n) is 17.9. The third-order valence-corrected chi connectivity index (χ3v) is 17.9. The molecule has 6 nitrogen and oxygen atoms in total. The molecule has 6 aliphatic carbocycles. The molecular formula is C50H85F7N4O2. The zero-order valence-electron chi connectivity index (χ0n) is 40.4. The highest BCUT2D eigenvalue weighted by atomic mass is 19.4. The van der Waals surface area contributed by atoms with Crippen molar-refractivity contribution in [1.29, 1.82) is 0 Å². The quantitative estimate of drug-likeness (QED) is 0.104. The van der Waals surface area contributed by atoms with E-state index in [9.17, 15) is 40.6 Å². The van der Waals surface area contributed by atoms with E-state index in [1.54, 1.807) is 6.08 Å².